The number of nitrogens with one attached hydrogen (secondary N) is 3. The Bertz CT molecular complexity index is 1100. The molecule has 2 aromatic carbocycles. The molecule has 178 valence electrons. The van der Waals surface area contributed by atoms with Gasteiger partial charge in [0, 0.05) is 51.2 Å². The predicted molar refractivity (Wildman–Crippen MR) is 130 cm³/mol. The van der Waals surface area contributed by atoms with Crippen LogP contribution in [0, 0.1) is 0 Å². The van der Waals surface area contributed by atoms with E-state index in [-0.39, 0.29) is 10.8 Å². The van der Waals surface area contributed by atoms with Crippen molar-refractivity contribution in [2.45, 2.75) is 30.6 Å². The summed E-state index contributed by atoms with van der Waals surface area (Å²) >= 11 is 0. The average molecular weight is 473 g/mol. The summed E-state index contributed by atoms with van der Waals surface area (Å²) in [6, 6.07) is 10.5. The monoisotopic (exact) mass is 472 g/mol. The molecule has 0 aromatic heterocycles. The maximum atomic E-state index is 13.1. The van der Waals surface area contributed by atoms with Gasteiger partial charge >= 0.3 is 0 Å². The second-order valence-electron chi connectivity index (χ2n) is 8.46. The SMILES string of the molecule is COCCNC(=O)c1cc(NS(=O)(=O)c2ccc3c(c2)CCCC3)ccc1N1CCNCC1. The Morgan fingerprint density at radius 1 is 1.06 bits per heavy atom. The van der Waals surface area contributed by atoms with Gasteiger partial charge in [-0.2, -0.15) is 0 Å². The fourth-order valence-corrected chi connectivity index (χ4v) is 5.52. The first-order valence-electron chi connectivity index (χ1n) is 11.5. The maximum absolute atomic E-state index is 13.1. The molecule has 0 spiro atoms. The molecule has 8 nitrogen and oxygen atoms in total. The Hall–Kier alpha value is -2.62. The van der Waals surface area contributed by atoms with E-state index < -0.39 is 10.0 Å². The number of nitrogens with zero attached hydrogens (tertiary/aromatic N) is 1. The van der Waals surface area contributed by atoms with Crippen LogP contribution in [0.3, 0.4) is 0 Å². The van der Waals surface area contributed by atoms with Gasteiger partial charge in [0.05, 0.1) is 17.1 Å². The number of carbonyl (C=O) groups excluding carboxylic acids is 1. The number of hydrogen-bond donors (Lipinski definition) is 3. The highest BCUT2D eigenvalue weighted by molar-refractivity contribution is 7.92. The summed E-state index contributed by atoms with van der Waals surface area (Å²) in [6.45, 7) is 3.99. The number of ether oxygens (including phenoxy) is 1. The zero-order valence-electron chi connectivity index (χ0n) is 19.0. The van der Waals surface area contributed by atoms with Crippen molar-refractivity contribution in [2.75, 3.05) is 56.1 Å². The molecule has 0 radical (unpaired) electrons. The smallest absolute Gasteiger partial charge is 0.261 e. The van der Waals surface area contributed by atoms with Crippen LogP contribution in [-0.4, -0.2) is 60.8 Å². The van der Waals surface area contributed by atoms with E-state index in [2.05, 4.69) is 20.3 Å². The van der Waals surface area contributed by atoms with E-state index in [9.17, 15) is 13.2 Å². The highest BCUT2D eigenvalue weighted by Gasteiger charge is 2.22. The van der Waals surface area contributed by atoms with Gasteiger partial charge in [0.2, 0.25) is 0 Å². The number of piperazine rings is 1. The third-order valence-electron chi connectivity index (χ3n) is 6.17. The third kappa shape index (κ3) is 5.66. The first kappa shape index (κ1) is 23.5. The van der Waals surface area contributed by atoms with Crippen molar-refractivity contribution >= 4 is 27.3 Å². The van der Waals surface area contributed by atoms with E-state index in [1.54, 1.807) is 31.4 Å². The molecular weight excluding hydrogens is 440 g/mol. The standard InChI is InChI=1S/C24H32N4O4S/c1-32-15-12-26-24(29)22-17-20(7-9-23(22)28-13-10-25-11-14-28)27-33(30,31)21-8-6-18-4-2-3-5-19(18)16-21/h6-9,16-17,25,27H,2-5,10-15H2,1H3,(H,26,29). The molecule has 9 heteroatoms. The minimum atomic E-state index is -3.77. The number of benzene rings is 2. The zero-order chi connectivity index (χ0) is 23.3. The highest BCUT2D eigenvalue weighted by atomic mass is 32.2. The zero-order valence-corrected chi connectivity index (χ0v) is 19.8. The lowest BCUT2D eigenvalue weighted by Gasteiger charge is -2.31. The quantitative estimate of drug-likeness (QED) is 0.509. The van der Waals surface area contributed by atoms with Gasteiger partial charge in [0.25, 0.3) is 15.9 Å². The molecular formula is C24H32N4O4S. The number of hydrogen-bond acceptors (Lipinski definition) is 6. The van der Waals surface area contributed by atoms with Crippen molar-refractivity contribution < 1.29 is 17.9 Å². The van der Waals surface area contributed by atoms with E-state index in [1.807, 2.05) is 12.1 Å². The first-order chi connectivity index (χ1) is 16.0. The molecule has 2 aliphatic rings. The molecule has 4 rings (SSSR count). The summed E-state index contributed by atoms with van der Waals surface area (Å²) in [4.78, 5) is 15.3. The van der Waals surface area contributed by atoms with Crippen LogP contribution in [0.1, 0.15) is 34.3 Å². The Morgan fingerprint density at radius 2 is 1.82 bits per heavy atom. The van der Waals surface area contributed by atoms with Gasteiger partial charge in [-0.15, -0.1) is 0 Å². The van der Waals surface area contributed by atoms with E-state index in [0.29, 0.717) is 24.4 Å². The molecule has 0 unspecified atom stereocenters. The Balaban J connectivity index is 1.60. The predicted octanol–water partition coefficient (Wildman–Crippen LogP) is 2.15. The maximum Gasteiger partial charge on any atom is 0.261 e. The van der Waals surface area contributed by atoms with Crippen molar-refractivity contribution in [3.05, 3.63) is 53.1 Å². The Labute approximate surface area is 195 Å². The number of aryl methyl sites for hydroxylation is 2. The van der Waals surface area contributed by atoms with Gasteiger partial charge in [-0.1, -0.05) is 6.07 Å². The van der Waals surface area contributed by atoms with E-state index in [0.717, 1.165) is 63.1 Å². The van der Waals surface area contributed by atoms with Gasteiger partial charge in [-0.05, 0) is 67.1 Å². The summed E-state index contributed by atoms with van der Waals surface area (Å²) in [5.41, 5.74) is 3.94. The fourth-order valence-electron chi connectivity index (χ4n) is 4.42. The van der Waals surface area contributed by atoms with E-state index in [4.69, 9.17) is 4.74 Å². The second kappa shape index (κ2) is 10.5. The number of sulfonamides is 1. The topological polar surface area (TPSA) is 99.8 Å². The van der Waals surface area contributed by atoms with Gasteiger partial charge < -0.3 is 20.3 Å². The van der Waals surface area contributed by atoms with Crippen molar-refractivity contribution in [1.29, 1.82) is 0 Å². The van der Waals surface area contributed by atoms with Crippen LogP contribution in [0.25, 0.3) is 0 Å². The second-order valence-corrected chi connectivity index (χ2v) is 10.1. The lowest BCUT2D eigenvalue weighted by Crippen LogP contribution is -2.44. The van der Waals surface area contributed by atoms with Crippen LogP contribution < -0.4 is 20.3 Å². The van der Waals surface area contributed by atoms with E-state index >= 15 is 0 Å². The van der Waals surface area contributed by atoms with Gasteiger partial charge in [-0.3, -0.25) is 9.52 Å². The number of methoxy groups -OCH3 is 1. The van der Waals surface area contributed by atoms with Gasteiger partial charge in [0.1, 0.15) is 0 Å². The molecule has 33 heavy (non-hydrogen) atoms. The average Bonchev–Trinajstić information content (AvgIpc) is 2.84. The molecule has 3 N–H and O–H groups in total. The normalized spacial score (nSPS) is 16.2. The minimum Gasteiger partial charge on any atom is -0.383 e. The number of rotatable bonds is 8. The lowest BCUT2D eigenvalue weighted by atomic mass is 9.92. The minimum absolute atomic E-state index is 0.250. The molecule has 1 saturated heterocycles. The summed E-state index contributed by atoms with van der Waals surface area (Å²) in [6.07, 6.45) is 4.13. The fraction of sp³-hybridized carbons (Fsp3) is 0.458. The van der Waals surface area contributed by atoms with Crippen LogP contribution in [0.2, 0.25) is 0 Å². The number of fused-ring (bicyclic) bond motifs is 1. The lowest BCUT2D eigenvalue weighted by molar-refractivity contribution is 0.0937. The Morgan fingerprint density at radius 3 is 2.58 bits per heavy atom. The number of anilines is 2. The summed E-state index contributed by atoms with van der Waals surface area (Å²) in [7, 11) is -2.20. The molecule has 1 amide bonds. The van der Waals surface area contributed by atoms with Crippen molar-refractivity contribution in [3.63, 3.8) is 0 Å². The van der Waals surface area contributed by atoms with Crippen LogP contribution >= 0.6 is 0 Å². The molecule has 0 bridgehead atoms. The van der Waals surface area contributed by atoms with Crippen LogP contribution in [-0.2, 0) is 27.6 Å². The molecule has 1 heterocycles. The third-order valence-corrected chi connectivity index (χ3v) is 7.55. The van der Waals surface area contributed by atoms with Crippen molar-refractivity contribution in [3.8, 4) is 0 Å². The molecule has 0 saturated carbocycles. The van der Waals surface area contributed by atoms with Crippen molar-refractivity contribution in [1.82, 2.24) is 10.6 Å². The van der Waals surface area contributed by atoms with Crippen LogP contribution in [0.5, 0.6) is 0 Å². The number of carbonyl (C=O) groups is 1. The summed E-state index contributed by atoms with van der Waals surface area (Å²) in [5.74, 6) is -0.254. The summed E-state index contributed by atoms with van der Waals surface area (Å²) in [5, 5.41) is 6.16. The summed E-state index contributed by atoms with van der Waals surface area (Å²) < 4.78 is 33.9. The van der Waals surface area contributed by atoms with Gasteiger partial charge in [-0.25, -0.2) is 8.42 Å². The molecule has 1 aliphatic heterocycles. The number of amides is 1. The molecule has 1 aliphatic carbocycles. The van der Waals surface area contributed by atoms with Gasteiger partial charge in [0.15, 0.2) is 0 Å². The molecule has 1 fully saturated rings. The van der Waals surface area contributed by atoms with Crippen LogP contribution in [0.4, 0.5) is 11.4 Å². The largest absolute Gasteiger partial charge is 0.383 e. The van der Waals surface area contributed by atoms with Crippen molar-refractivity contribution in [2.24, 2.45) is 0 Å². The van der Waals surface area contributed by atoms with Crippen LogP contribution in [0.15, 0.2) is 41.3 Å². The Kier molecular flexibility index (Phi) is 7.52. The van der Waals surface area contributed by atoms with E-state index in [1.165, 1.54) is 5.56 Å². The highest BCUT2D eigenvalue weighted by Crippen LogP contribution is 2.28. The molecule has 0 atom stereocenters. The molecule has 2 aromatic rings. The first-order valence-corrected chi connectivity index (χ1v) is 13.0.